The molecule has 0 N–H and O–H groups in total. The quantitative estimate of drug-likeness (QED) is 0.273. The highest BCUT2D eigenvalue weighted by atomic mass is 14.7. The van der Waals surface area contributed by atoms with Gasteiger partial charge in [-0.05, 0) is 48.9 Å². The molecule has 0 atom stereocenters. The van der Waals surface area contributed by atoms with Crippen molar-refractivity contribution in [3.05, 3.63) is 96.3 Å². The van der Waals surface area contributed by atoms with Crippen LogP contribution in [-0.4, -0.2) is 9.97 Å². The molecule has 32 heavy (non-hydrogen) atoms. The molecule has 162 valence electrons. The number of nitrogens with zero attached hydrogens (tertiary/aromatic N) is 2. The number of hydrogen-bond acceptors (Lipinski definition) is 2. The van der Waals surface area contributed by atoms with Gasteiger partial charge in [-0.25, -0.2) is 4.98 Å². The molecule has 0 fully saturated rings. The number of benzene rings is 2. The maximum absolute atomic E-state index is 5.24. The Kier molecular flexibility index (Phi) is 7.45. The van der Waals surface area contributed by atoms with E-state index < -0.39 is 0 Å². The van der Waals surface area contributed by atoms with Crippen molar-refractivity contribution in [1.82, 2.24) is 9.97 Å². The molecule has 2 heteroatoms. The van der Waals surface area contributed by atoms with Crippen LogP contribution in [0.4, 0.5) is 0 Å². The van der Waals surface area contributed by atoms with Crippen molar-refractivity contribution in [1.29, 1.82) is 0 Å². The standard InChI is InChI=1S/C30H32N2/c1-3-5-13-23-21-27(28(31-22-23)18-6-4-2)29-20-19-26(24-14-9-7-10-15-24)30(32-29)25-16-11-8-12-17-25/h7-12,14-17,19-22H,3-6,13,18H2,1-2H3. The number of unbranched alkanes of at least 4 members (excludes halogenated alkanes) is 2. The first-order valence-electron chi connectivity index (χ1n) is 11.9. The molecule has 0 aliphatic rings. The van der Waals surface area contributed by atoms with Crippen LogP contribution in [0.3, 0.4) is 0 Å². The molecule has 4 aromatic rings. The van der Waals surface area contributed by atoms with E-state index in [1.807, 2.05) is 0 Å². The molecule has 0 saturated heterocycles. The summed E-state index contributed by atoms with van der Waals surface area (Å²) in [5, 5.41) is 0. The van der Waals surface area contributed by atoms with Crippen LogP contribution in [0.1, 0.15) is 50.8 Å². The lowest BCUT2D eigenvalue weighted by Crippen LogP contribution is -2.00. The largest absolute Gasteiger partial charge is 0.260 e. The van der Waals surface area contributed by atoms with Crippen LogP contribution < -0.4 is 0 Å². The minimum Gasteiger partial charge on any atom is -0.260 e. The van der Waals surface area contributed by atoms with Gasteiger partial charge in [0.25, 0.3) is 0 Å². The number of aryl methyl sites for hydroxylation is 2. The molecule has 0 bridgehead atoms. The van der Waals surface area contributed by atoms with Crippen LogP contribution in [0, 0.1) is 0 Å². The molecular formula is C30H32N2. The highest BCUT2D eigenvalue weighted by Gasteiger charge is 2.14. The fourth-order valence-electron chi connectivity index (χ4n) is 4.10. The van der Waals surface area contributed by atoms with Gasteiger partial charge in [-0.3, -0.25) is 4.98 Å². The Labute approximate surface area is 192 Å². The van der Waals surface area contributed by atoms with Gasteiger partial charge in [0, 0.05) is 28.6 Å². The number of rotatable bonds is 9. The zero-order valence-electron chi connectivity index (χ0n) is 19.2. The summed E-state index contributed by atoms with van der Waals surface area (Å²) in [7, 11) is 0. The average Bonchev–Trinajstić information content (AvgIpc) is 2.87. The molecule has 0 radical (unpaired) electrons. The lowest BCUT2D eigenvalue weighted by molar-refractivity contribution is 0.768. The van der Waals surface area contributed by atoms with Crippen molar-refractivity contribution in [2.24, 2.45) is 0 Å². The van der Waals surface area contributed by atoms with Gasteiger partial charge in [-0.2, -0.15) is 0 Å². The van der Waals surface area contributed by atoms with E-state index in [0.717, 1.165) is 53.9 Å². The lowest BCUT2D eigenvalue weighted by atomic mass is 9.96. The van der Waals surface area contributed by atoms with Gasteiger partial charge in [0.15, 0.2) is 0 Å². The Hall–Kier alpha value is -3.26. The molecule has 0 aliphatic heterocycles. The Morgan fingerprint density at radius 3 is 2.00 bits per heavy atom. The fraction of sp³-hybridized carbons (Fsp3) is 0.267. The van der Waals surface area contributed by atoms with E-state index in [4.69, 9.17) is 9.97 Å². The monoisotopic (exact) mass is 420 g/mol. The predicted molar refractivity (Wildman–Crippen MR) is 136 cm³/mol. The van der Waals surface area contributed by atoms with Crippen molar-refractivity contribution in [2.45, 2.75) is 52.4 Å². The van der Waals surface area contributed by atoms with Gasteiger partial charge >= 0.3 is 0 Å². The molecule has 2 aromatic carbocycles. The first-order valence-corrected chi connectivity index (χ1v) is 11.9. The first-order chi connectivity index (χ1) is 15.8. The van der Waals surface area contributed by atoms with Crippen LogP contribution in [0.25, 0.3) is 33.6 Å². The fourth-order valence-corrected chi connectivity index (χ4v) is 4.10. The van der Waals surface area contributed by atoms with Crippen LogP contribution in [0.2, 0.25) is 0 Å². The third-order valence-electron chi connectivity index (χ3n) is 5.92. The summed E-state index contributed by atoms with van der Waals surface area (Å²) in [5.74, 6) is 0. The summed E-state index contributed by atoms with van der Waals surface area (Å²) in [5.41, 5.74) is 9.16. The Morgan fingerprint density at radius 1 is 0.656 bits per heavy atom. The van der Waals surface area contributed by atoms with E-state index >= 15 is 0 Å². The Balaban J connectivity index is 1.85. The molecule has 0 saturated carbocycles. The molecule has 2 heterocycles. The highest BCUT2D eigenvalue weighted by molar-refractivity contribution is 5.83. The van der Waals surface area contributed by atoms with Crippen LogP contribution >= 0.6 is 0 Å². The molecule has 0 spiro atoms. The minimum atomic E-state index is 0.989. The van der Waals surface area contributed by atoms with Crippen LogP contribution in [-0.2, 0) is 12.8 Å². The third kappa shape index (κ3) is 5.13. The molecule has 0 aliphatic carbocycles. The second kappa shape index (κ2) is 10.9. The first kappa shape index (κ1) is 22.0. The summed E-state index contributed by atoms with van der Waals surface area (Å²) in [6.07, 6.45) is 8.80. The van der Waals surface area contributed by atoms with Gasteiger partial charge < -0.3 is 0 Å². The Bertz CT molecular complexity index is 1130. The molecule has 2 aromatic heterocycles. The molecule has 0 unspecified atom stereocenters. The third-order valence-corrected chi connectivity index (χ3v) is 5.92. The van der Waals surface area contributed by atoms with E-state index in [-0.39, 0.29) is 0 Å². The van der Waals surface area contributed by atoms with E-state index in [9.17, 15) is 0 Å². The van der Waals surface area contributed by atoms with E-state index in [2.05, 4.69) is 98.9 Å². The maximum atomic E-state index is 5.24. The average molecular weight is 421 g/mol. The van der Waals surface area contributed by atoms with Crippen LogP contribution in [0.15, 0.2) is 85.1 Å². The van der Waals surface area contributed by atoms with E-state index in [1.165, 1.54) is 29.5 Å². The second-order valence-corrected chi connectivity index (χ2v) is 8.37. The second-order valence-electron chi connectivity index (χ2n) is 8.37. The van der Waals surface area contributed by atoms with Crippen molar-refractivity contribution < 1.29 is 0 Å². The van der Waals surface area contributed by atoms with Crippen molar-refractivity contribution in [2.75, 3.05) is 0 Å². The summed E-state index contributed by atoms with van der Waals surface area (Å²) in [6, 6.07) is 27.8. The summed E-state index contributed by atoms with van der Waals surface area (Å²) >= 11 is 0. The topological polar surface area (TPSA) is 25.8 Å². The van der Waals surface area contributed by atoms with E-state index in [1.54, 1.807) is 0 Å². The van der Waals surface area contributed by atoms with E-state index in [0.29, 0.717) is 0 Å². The summed E-state index contributed by atoms with van der Waals surface area (Å²) in [6.45, 7) is 4.47. The van der Waals surface area contributed by atoms with Crippen molar-refractivity contribution >= 4 is 0 Å². The van der Waals surface area contributed by atoms with Crippen LogP contribution in [0.5, 0.6) is 0 Å². The highest BCUT2D eigenvalue weighted by Crippen LogP contribution is 2.34. The van der Waals surface area contributed by atoms with Gasteiger partial charge in [-0.15, -0.1) is 0 Å². The van der Waals surface area contributed by atoms with Crippen molar-refractivity contribution in [3.8, 4) is 33.6 Å². The Morgan fingerprint density at radius 2 is 1.31 bits per heavy atom. The van der Waals surface area contributed by atoms with Gasteiger partial charge in [0.05, 0.1) is 11.4 Å². The molecule has 2 nitrogen and oxygen atoms in total. The zero-order valence-corrected chi connectivity index (χ0v) is 19.2. The summed E-state index contributed by atoms with van der Waals surface area (Å²) in [4.78, 5) is 10.1. The van der Waals surface area contributed by atoms with Gasteiger partial charge in [0.2, 0.25) is 0 Å². The number of hydrogen-bond donors (Lipinski definition) is 0. The molecule has 4 rings (SSSR count). The van der Waals surface area contributed by atoms with Crippen molar-refractivity contribution in [3.63, 3.8) is 0 Å². The normalized spacial score (nSPS) is 10.9. The SMILES string of the molecule is CCCCc1cnc(CCCC)c(-c2ccc(-c3ccccc3)c(-c3ccccc3)n2)c1. The zero-order chi connectivity index (χ0) is 22.2. The number of pyridine rings is 2. The summed E-state index contributed by atoms with van der Waals surface area (Å²) < 4.78 is 0. The molecular weight excluding hydrogens is 388 g/mol. The van der Waals surface area contributed by atoms with Gasteiger partial charge in [-0.1, -0.05) is 93.4 Å². The maximum Gasteiger partial charge on any atom is 0.0787 e. The predicted octanol–water partition coefficient (Wildman–Crippen LogP) is 8.16. The smallest absolute Gasteiger partial charge is 0.0787 e. The molecule has 0 amide bonds. The van der Waals surface area contributed by atoms with Gasteiger partial charge in [0.1, 0.15) is 0 Å². The number of aromatic nitrogens is 2. The minimum absolute atomic E-state index is 0.989. The lowest BCUT2D eigenvalue weighted by Gasteiger charge is -2.15.